The van der Waals surface area contributed by atoms with E-state index in [1.807, 2.05) is 0 Å². The summed E-state index contributed by atoms with van der Waals surface area (Å²) in [4.78, 5) is 37.5. The van der Waals surface area contributed by atoms with E-state index in [1.165, 1.54) is 6.07 Å². The quantitative estimate of drug-likeness (QED) is 0.511. The minimum absolute atomic E-state index is 0.0120. The van der Waals surface area contributed by atoms with Gasteiger partial charge in [0.25, 0.3) is 6.47 Å². The second-order valence-corrected chi connectivity index (χ2v) is 8.95. The lowest BCUT2D eigenvalue weighted by Crippen LogP contribution is -2.45. The van der Waals surface area contributed by atoms with Crippen molar-refractivity contribution in [1.82, 2.24) is 9.80 Å². The predicted molar refractivity (Wildman–Crippen MR) is 113 cm³/mol. The Morgan fingerprint density at radius 2 is 1.79 bits per heavy atom. The van der Waals surface area contributed by atoms with E-state index in [1.54, 1.807) is 4.90 Å². The van der Waals surface area contributed by atoms with Crippen LogP contribution in [0.5, 0.6) is 0 Å². The maximum absolute atomic E-state index is 13.4. The summed E-state index contributed by atoms with van der Waals surface area (Å²) < 4.78 is 32.1. The van der Waals surface area contributed by atoms with Gasteiger partial charge < -0.3 is 19.8 Å². The second kappa shape index (κ2) is 11.0. The van der Waals surface area contributed by atoms with E-state index in [4.69, 9.17) is 14.6 Å². The van der Waals surface area contributed by atoms with Gasteiger partial charge in [-0.05, 0) is 43.4 Å². The number of amides is 1. The van der Waals surface area contributed by atoms with Crippen LogP contribution in [0.2, 0.25) is 0 Å². The Kier molecular flexibility index (Phi) is 8.36. The van der Waals surface area contributed by atoms with Crippen molar-refractivity contribution in [2.45, 2.75) is 50.7 Å². The summed E-state index contributed by atoms with van der Waals surface area (Å²) in [6.45, 7) is 2.99. The standard InChI is InChI=1S/C22H28F2N2O4.CH2O2/c23-18-2-1-15(11-19(18)24)12-20(28)26-9-5-22(6-10-26)13-17(30-21(22)29)14-25-7-3-16(27)4-8-25;2-1-3/h1-2,11,16-17,27H,3-10,12-14H2;1H,(H,2,3). The number of halogens is 2. The number of carboxylic acid groups (broad SMARTS) is 1. The van der Waals surface area contributed by atoms with E-state index in [2.05, 4.69) is 4.90 Å². The molecule has 4 rings (SSSR count). The van der Waals surface area contributed by atoms with Gasteiger partial charge in [-0.3, -0.25) is 19.3 Å². The van der Waals surface area contributed by atoms with Crippen molar-refractivity contribution >= 4 is 18.3 Å². The zero-order valence-corrected chi connectivity index (χ0v) is 18.4. The number of nitrogens with zero attached hydrogens (tertiary/aromatic N) is 2. The fourth-order valence-corrected chi connectivity index (χ4v) is 4.86. The van der Waals surface area contributed by atoms with Crippen molar-refractivity contribution in [2.24, 2.45) is 5.41 Å². The van der Waals surface area contributed by atoms with Crippen molar-refractivity contribution in [3.05, 3.63) is 35.4 Å². The molecule has 3 aliphatic rings. The number of benzene rings is 1. The summed E-state index contributed by atoms with van der Waals surface area (Å²) in [7, 11) is 0. The van der Waals surface area contributed by atoms with Gasteiger partial charge in [0.1, 0.15) is 6.10 Å². The minimum Gasteiger partial charge on any atom is -0.483 e. The highest BCUT2D eigenvalue weighted by molar-refractivity contribution is 5.81. The van der Waals surface area contributed by atoms with E-state index in [0.717, 1.165) is 38.1 Å². The Balaban J connectivity index is 0.000000968. The summed E-state index contributed by atoms with van der Waals surface area (Å²) in [5, 5.41) is 16.5. The van der Waals surface area contributed by atoms with Crippen LogP contribution in [0.1, 0.15) is 37.7 Å². The number of likely N-dealkylation sites (tertiary alicyclic amines) is 2. The van der Waals surface area contributed by atoms with Crippen LogP contribution < -0.4 is 0 Å². The van der Waals surface area contributed by atoms with E-state index in [9.17, 15) is 23.5 Å². The number of hydrogen-bond acceptors (Lipinski definition) is 6. The molecule has 0 bridgehead atoms. The second-order valence-electron chi connectivity index (χ2n) is 8.95. The van der Waals surface area contributed by atoms with E-state index in [0.29, 0.717) is 44.5 Å². The molecule has 1 unspecified atom stereocenters. The summed E-state index contributed by atoms with van der Waals surface area (Å²) in [5.74, 6) is -2.20. The number of rotatable bonds is 4. The molecule has 1 aromatic carbocycles. The van der Waals surface area contributed by atoms with Gasteiger partial charge in [0.05, 0.1) is 17.9 Å². The molecule has 10 heteroatoms. The molecule has 33 heavy (non-hydrogen) atoms. The van der Waals surface area contributed by atoms with E-state index in [-0.39, 0.29) is 37.0 Å². The van der Waals surface area contributed by atoms with Crippen molar-refractivity contribution in [1.29, 1.82) is 0 Å². The Morgan fingerprint density at radius 3 is 2.39 bits per heavy atom. The first kappa shape index (κ1) is 25.0. The van der Waals surface area contributed by atoms with Crippen LogP contribution in [0.15, 0.2) is 18.2 Å². The van der Waals surface area contributed by atoms with E-state index < -0.39 is 17.0 Å². The van der Waals surface area contributed by atoms with Crippen molar-refractivity contribution in [3.63, 3.8) is 0 Å². The number of carbonyl (C=O) groups is 3. The SMILES string of the molecule is O=C(Cc1ccc(F)c(F)c1)N1CCC2(CC1)CC(CN1CCC(O)CC1)OC2=O.O=CO. The van der Waals surface area contributed by atoms with Crippen LogP contribution in [0, 0.1) is 17.0 Å². The molecule has 1 aromatic rings. The third-order valence-electron chi connectivity index (χ3n) is 6.76. The van der Waals surface area contributed by atoms with Gasteiger partial charge in [0.15, 0.2) is 11.6 Å². The summed E-state index contributed by atoms with van der Waals surface area (Å²) in [6, 6.07) is 3.50. The zero-order valence-electron chi connectivity index (χ0n) is 18.4. The number of cyclic esters (lactones) is 1. The largest absolute Gasteiger partial charge is 0.483 e. The average Bonchev–Trinajstić information content (AvgIpc) is 3.07. The molecule has 3 saturated heterocycles. The maximum Gasteiger partial charge on any atom is 0.312 e. The number of carbonyl (C=O) groups excluding carboxylic acids is 2. The molecule has 8 nitrogen and oxygen atoms in total. The summed E-state index contributed by atoms with van der Waals surface area (Å²) in [6.07, 6.45) is 2.93. The van der Waals surface area contributed by atoms with Crippen LogP contribution in [0.25, 0.3) is 0 Å². The molecular formula is C23H30F2N2O6. The first-order chi connectivity index (χ1) is 15.8. The molecule has 2 N–H and O–H groups in total. The van der Waals surface area contributed by atoms with Crippen LogP contribution >= 0.6 is 0 Å². The number of ether oxygens (including phenoxy) is 1. The van der Waals surface area contributed by atoms with Gasteiger partial charge in [-0.15, -0.1) is 0 Å². The van der Waals surface area contributed by atoms with Crippen LogP contribution in [-0.4, -0.2) is 83.3 Å². The van der Waals surface area contributed by atoms with Gasteiger partial charge in [0, 0.05) is 39.1 Å². The molecule has 182 valence electrons. The predicted octanol–water partition coefficient (Wildman–Crippen LogP) is 1.59. The molecule has 3 aliphatic heterocycles. The number of aliphatic hydroxyl groups excluding tert-OH is 1. The highest BCUT2D eigenvalue weighted by atomic mass is 19.2. The topological polar surface area (TPSA) is 107 Å². The van der Waals surface area contributed by atoms with Gasteiger partial charge >= 0.3 is 5.97 Å². The van der Waals surface area contributed by atoms with Crippen molar-refractivity contribution in [3.8, 4) is 0 Å². The van der Waals surface area contributed by atoms with E-state index >= 15 is 0 Å². The Hall–Kier alpha value is -2.59. The third kappa shape index (κ3) is 6.26. The average molecular weight is 468 g/mol. The first-order valence-corrected chi connectivity index (χ1v) is 11.2. The number of esters is 1. The lowest BCUT2D eigenvalue weighted by atomic mass is 9.76. The molecule has 3 heterocycles. The maximum atomic E-state index is 13.4. The number of hydrogen-bond donors (Lipinski definition) is 2. The third-order valence-corrected chi connectivity index (χ3v) is 6.76. The van der Waals surface area contributed by atoms with Gasteiger partial charge in [-0.1, -0.05) is 6.07 Å². The molecule has 0 aromatic heterocycles. The zero-order chi connectivity index (χ0) is 24.0. The molecule has 0 aliphatic carbocycles. The van der Waals surface area contributed by atoms with Crippen LogP contribution in [0.3, 0.4) is 0 Å². The fraction of sp³-hybridized carbons (Fsp3) is 0.609. The van der Waals surface area contributed by atoms with Gasteiger partial charge in [-0.2, -0.15) is 0 Å². The Labute approximate surface area is 191 Å². The van der Waals surface area contributed by atoms with Crippen molar-refractivity contribution < 1.29 is 38.1 Å². The van der Waals surface area contributed by atoms with Gasteiger partial charge in [-0.25, -0.2) is 8.78 Å². The highest BCUT2D eigenvalue weighted by Crippen LogP contribution is 2.43. The summed E-state index contributed by atoms with van der Waals surface area (Å²) >= 11 is 0. The molecule has 0 radical (unpaired) electrons. The smallest absolute Gasteiger partial charge is 0.312 e. The molecule has 3 fully saturated rings. The lowest BCUT2D eigenvalue weighted by molar-refractivity contribution is -0.153. The first-order valence-electron chi connectivity index (χ1n) is 11.2. The Morgan fingerprint density at radius 1 is 1.15 bits per heavy atom. The minimum atomic E-state index is -0.958. The fourth-order valence-electron chi connectivity index (χ4n) is 4.86. The van der Waals surface area contributed by atoms with Crippen molar-refractivity contribution in [2.75, 3.05) is 32.7 Å². The molecular weight excluding hydrogens is 438 g/mol. The highest BCUT2D eigenvalue weighted by Gasteiger charge is 2.51. The van der Waals surface area contributed by atoms with Crippen LogP contribution in [0.4, 0.5) is 8.78 Å². The number of aliphatic hydroxyl groups is 1. The molecule has 1 atom stereocenters. The summed E-state index contributed by atoms with van der Waals surface area (Å²) in [5.41, 5.74) is -0.0928. The monoisotopic (exact) mass is 468 g/mol. The Bertz CT molecular complexity index is 851. The molecule has 0 saturated carbocycles. The lowest BCUT2D eigenvalue weighted by Gasteiger charge is -2.36. The molecule has 1 spiro atoms. The number of piperidine rings is 2. The van der Waals surface area contributed by atoms with Gasteiger partial charge in [0.2, 0.25) is 5.91 Å². The normalized spacial score (nSPS) is 23.1. The van der Waals surface area contributed by atoms with Crippen LogP contribution in [-0.2, 0) is 25.5 Å². The molecule has 1 amide bonds.